The summed E-state index contributed by atoms with van der Waals surface area (Å²) in [5, 5.41) is -4.98. The van der Waals surface area contributed by atoms with Crippen LogP contribution in [0.5, 0.6) is 0 Å². The van der Waals surface area contributed by atoms with E-state index in [4.69, 9.17) is 0 Å². The number of rotatable bonds is 3. The quantitative estimate of drug-likeness (QED) is 0.209. The monoisotopic (exact) mass is 328 g/mol. The van der Waals surface area contributed by atoms with Crippen molar-refractivity contribution in [2.45, 2.75) is 11.2 Å². The van der Waals surface area contributed by atoms with Gasteiger partial charge in [-0.15, -0.1) is 0 Å². The Morgan fingerprint density at radius 1 is 1.33 bits per heavy atom. The summed E-state index contributed by atoms with van der Waals surface area (Å²) in [4.78, 5) is 0. The van der Waals surface area contributed by atoms with Gasteiger partial charge in [-0.1, -0.05) is 22.6 Å². The van der Waals surface area contributed by atoms with Gasteiger partial charge in [0, 0.05) is 11.1 Å². The minimum Gasteiger partial charge on any atom is -0.768 e. The second-order valence-corrected chi connectivity index (χ2v) is 3.33. The van der Waals surface area contributed by atoms with E-state index in [0.29, 0.717) is 0 Å². The van der Waals surface area contributed by atoms with Crippen LogP contribution in [0.3, 0.4) is 0 Å². The predicted molar refractivity (Wildman–Crippen MR) is 37.7 cm³/mol. The normalized spacial score (nSPS) is 15.2. The third-order valence-electron chi connectivity index (χ3n) is 0.803. The van der Waals surface area contributed by atoms with Crippen LogP contribution in [0.2, 0.25) is 0 Å². The van der Waals surface area contributed by atoms with Crippen molar-refractivity contribution in [3.63, 3.8) is 0 Å². The van der Waals surface area contributed by atoms with Crippen LogP contribution in [0, 0.1) is 0 Å². The van der Waals surface area contributed by atoms with Crippen LogP contribution in [-0.4, -0.2) is 24.4 Å². The molecule has 0 rings (SSSR count). The van der Waals surface area contributed by atoms with E-state index in [2.05, 4.69) is 0 Å². The van der Waals surface area contributed by atoms with E-state index in [0.717, 1.165) is 22.6 Å². The van der Waals surface area contributed by atoms with E-state index in [1.54, 1.807) is 0 Å². The molecule has 0 fully saturated rings. The number of hydrogen-bond donors (Lipinski definition) is 0. The van der Waals surface area contributed by atoms with E-state index < -0.39 is 26.7 Å². The Morgan fingerprint density at radius 2 is 1.67 bits per heavy atom. The van der Waals surface area contributed by atoms with Crippen molar-refractivity contribution < 1.29 is 55.9 Å². The van der Waals surface area contributed by atoms with E-state index in [9.17, 15) is 26.3 Å². The molecule has 0 spiro atoms. The number of hydrogen-bond acceptors (Lipinski definition) is 2. The fourth-order valence-electron chi connectivity index (χ4n) is 0.200. The summed E-state index contributed by atoms with van der Waals surface area (Å²) in [7, 11) is 0. The summed E-state index contributed by atoms with van der Waals surface area (Å²) >= 11 is -3.10. The van der Waals surface area contributed by atoms with Crippen molar-refractivity contribution >= 4 is 33.7 Å². The van der Waals surface area contributed by atoms with Crippen LogP contribution in [0.15, 0.2) is 0 Å². The largest absolute Gasteiger partial charge is 1.00 e. The topological polar surface area (TPSA) is 40.1 Å². The Morgan fingerprint density at radius 3 is 1.75 bits per heavy atom. The van der Waals surface area contributed by atoms with E-state index in [-0.39, 0.29) is 29.6 Å². The van der Waals surface area contributed by atoms with Crippen molar-refractivity contribution in [1.82, 2.24) is 0 Å². The summed E-state index contributed by atoms with van der Waals surface area (Å²) in [6.45, 7) is 0. The van der Waals surface area contributed by atoms with Crippen molar-refractivity contribution in [2.24, 2.45) is 0 Å². The van der Waals surface area contributed by atoms with Gasteiger partial charge in [-0.05, 0) is 0 Å². The van der Waals surface area contributed by atoms with Gasteiger partial charge < -0.3 is 4.55 Å². The SMILES string of the molecule is O=S([O-])C(F)(F)C(F)(F)CI.[Na+]. The van der Waals surface area contributed by atoms with Gasteiger partial charge in [0.05, 0.1) is 4.43 Å². The zero-order valence-corrected chi connectivity index (χ0v) is 10.8. The van der Waals surface area contributed by atoms with Gasteiger partial charge in [-0.2, -0.15) is 17.6 Å². The van der Waals surface area contributed by atoms with Gasteiger partial charge in [0.15, 0.2) is 0 Å². The molecule has 2 nitrogen and oxygen atoms in total. The summed E-state index contributed by atoms with van der Waals surface area (Å²) in [5.74, 6) is -4.50. The van der Waals surface area contributed by atoms with Gasteiger partial charge in [0.1, 0.15) is 0 Å². The Bertz CT molecular complexity index is 178. The molecule has 0 aliphatic rings. The first-order chi connectivity index (χ1) is 4.75. The van der Waals surface area contributed by atoms with Crippen LogP contribution in [0.4, 0.5) is 17.6 Å². The van der Waals surface area contributed by atoms with Crippen molar-refractivity contribution in [3.05, 3.63) is 0 Å². The molecule has 0 bridgehead atoms. The Labute approximate surface area is 104 Å². The second kappa shape index (κ2) is 5.44. The average molecular weight is 328 g/mol. The molecular weight excluding hydrogens is 326 g/mol. The molecule has 0 aromatic heterocycles. The van der Waals surface area contributed by atoms with Crippen LogP contribution in [0.25, 0.3) is 0 Å². The predicted octanol–water partition coefficient (Wildman–Crippen LogP) is -1.47. The molecule has 0 heterocycles. The zero-order valence-electron chi connectivity index (χ0n) is 5.82. The minimum atomic E-state index is -4.98. The maximum atomic E-state index is 12.0. The molecule has 0 saturated carbocycles. The minimum absolute atomic E-state index is 0. The summed E-state index contributed by atoms with van der Waals surface area (Å²) in [6.07, 6.45) is 0. The van der Waals surface area contributed by atoms with E-state index in [1.165, 1.54) is 0 Å². The van der Waals surface area contributed by atoms with Gasteiger partial charge in [-0.25, -0.2) is 0 Å². The van der Waals surface area contributed by atoms with Crippen LogP contribution in [0.1, 0.15) is 0 Å². The molecule has 0 aliphatic carbocycles. The Kier molecular flexibility index (Phi) is 7.26. The first-order valence-corrected chi connectivity index (χ1v) is 4.76. The first kappa shape index (κ1) is 16.0. The molecule has 68 valence electrons. The van der Waals surface area contributed by atoms with Crippen molar-refractivity contribution in [1.29, 1.82) is 0 Å². The maximum absolute atomic E-state index is 12.0. The molecule has 0 amide bonds. The third kappa shape index (κ3) is 3.37. The second-order valence-electron chi connectivity index (χ2n) is 1.59. The zero-order chi connectivity index (χ0) is 9.28. The smallest absolute Gasteiger partial charge is 0.768 e. The molecule has 0 aliphatic heterocycles. The van der Waals surface area contributed by atoms with Gasteiger partial charge in [0.25, 0.3) is 0 Å². The average Bonchev–Trinajstić information content (AvgIpc) is 1.87. The van der Waals surface area contributed by atoms with E-state index in [1.807, 2.05) is 0 Å². The molecule has 0 N–H and O–H groups in total. The molecule has 1 atom stereocenters. The van der Waals surface area contributed by atoms with Crippen LogP contribution < -0.4 is 29.6 Å². The molecule has 9 heteroatoms. The fraction of sp³-hybridized carbons (Fsp3) is 1.00. The van der Waals surface area contributed by atoms with Crippen LogP contribution >= 0.6 is 22.6 Å². The van der Waals surface area contributed by atoms with Crippen molar-refractivity contribution in [2.75, 3.05) is 4.43 Å². The van der Waals surface area contributed by atoms with Gasteiger partial charge >= 0.3 is 40.7 Å². The van der Waals surface area contributed by atoms with Crippen molar-refractivity contribution in [3.8, 4) is 0 Å². The van der Waals surface area contributed by atoms with Gasteiger partial charge in [-0.3, -0.25) is 4.21 Å². The van der Waals surface area contributed by atoms with Crippen LogP contribution in [-0.2, 0) is 11.1 Å². The molecule has 0 radical (unpaired) electrons. The summed E-state index contributed by atoms with van der Waals surface area (Å²) < 4.78 is 65.9. The molecular formula is C3H2F4INaO2S. The Balaban J connectivity index is 0. The standard InChI is InChI=1S/C3H3F4IO2S.Na/c4-2(5,1-8)3(6,7)11(9)10;/h1H2,(H,9,10);/q;+1/p-1. The summed E-state index contributed by atoms with van der Waals surface area (Å²) in [5.41, 5.74) is 0. The Hall–Kier alpha value is 1.56. The summed E-state index contributed by atoms with van der Waals surface area (Å²) in [6, 6.07) is 0. The molecule has 0 aromatic carbocycles. The van der Waals surface area contributed by atoms with E-state index >= 15 is 0 Å². The maximum Gasteiger partial charge on any atom is 1.00 e. The molecule has 1 unspecified atom stereocenters. The molecule has 0 aromatic rings. The van der Waals surface area contributed by atoms with Gasteiger partial charge in [0.2, 0.25) is 0 Å². The third-order valence-corrected chi connectivity index (χ3v) is 2.48. The molecule has 0 saturated heterocycles. The first-order valence-electron chi connectivity index (χ1n) is 2.16. The fourth-order valence-corrected chi connectivity index (χ4v) is 1.25. The molecule has 12 heavy (non-hydrogen) atoms. The number of halogens is 5. The number of alkyl halides is 5.